The first kappa shape index (κ1) is 12.4. The van der Waals surface area contributed by atoms with Gasteiger partial charge in [-0.15, -0.1) is 0 Å². The minimum atomic E-state index is -1.02. The van der Waals surface area contributed by atoms with E-state index in [2.05, 4.69) is 20.2 Å². The maximum Gasteiger partial charge on any atom is 0.348 e. The van der Waals surface area contributed by atoms with E-state index in [0.717, 1.165) is 0 Å². The van der Waals surface area contributed by atoms with Crippen LogP contribution in [0.5, 0.6) is 0 Å². The Morgan fingerprint density at radius 3 is 2.90 bits per heavy atom. The molecule has 0 aliphatic carbocycles. The van der Waals surface area contributed by atoms with Crippen LogP contribution in [0.4, 0.5) is 0 Å². The van der Waals surface area contributed by atoms with Crippen LogP contribution in [0.25, 0.3) is 5.65 Å². The number of aromatic carboxylic acids is 1. The number of carboxylic acids is 1. The van der Waals surface area contributed by atoms with Gasteiger partial charge in [-0.3, -0.25) is 0 Å². The van der Waals surface area contributed by atoms with Crippen molar-refractivity contribution >= 4 is 23.4 Å². The molecule has 0 radical (unpaired) electrons. The maximum atomic E-state index is 11.3. The number of nitrogens with zero attached hydrogens (tertiary/aromatic N) is 4. The Morgan fingerprint density at radius 2 is 2.10 bits per heavy atom. The smallest absolute Gasteiger partial charge is 0.348 e. The van der Waals surface area contributed by atoms with Gasteiger partial charge in [0.2, 0.25) is 0 Å². The Morgan fingerprint density at radius 1 is 1.30 bits per heavy atom. The van der Waals surface area contributed by atoms with Crippen molar-refractivity contribution in [3.05, 3.63) is 46.8 Å². The molecule has 9 heteroatoms. The van der Waals surface area contributed by atoms with E-state index in [-0.39, 0.29) is 11.3 Å². The Bertz CT molecular complexity index is 856. The molecular weight excluding hydrogens is 282 g/mol. The third-order valence-electron chi connectivity index (χ3n) is 2.48. The van der Waals surface area contributed by atoms with E-state index in [0.29, 0.717) is 15.7 Å². The summed E-state index contributed by atoms with van der Waals surface area (Å²) in [6.45, 7) is 0. The second kappa shape index (κ2) is 4.78. The molecule has 3 rings (SSSR count). The van der Waals surface area contributed by atoms with Gasteiger partial charge in [0, 0.05) is 12.3 Å². The SMILES string of the molecule is O=C(O)c1ccnc(Sc2cc3n[nH]c(=O)n3cn2)c1. The van der Waals surface area contributed by atoms with Crippen molar-refractivity contribution in [2.45, 2.75) is 10.1 Å². The quantitative estimate of drug-likeness (QED) is 0.681. The van der Waals surface area contributed by atoms with Gasteiger partial charge in [-0.1, -0.05) is 0 Å². The molecule has 0 saturated heterocycles. The summed E-state index contributed by atoms with van der Waals surface area (Å²) in [5.74, 6) is -1.02. The van der Waals surface area contributed by atoms with E-state index in [1.807, 2.05) is 0 Å². The van der Waals surface area contributed by atoms with Crippen molar-refractivity contribution in [2.24, 2.45) is 0 Å². The number of H-pyrrole nitrogens is 1. The summed E-state index contributed by atoms with van der Waals surface area (Å²) in [5, 5.41) is 16.1. The minimum Gasteiger partial charge on any atom is -0.478 e. The summed E-state index contributed by atoms with van der Waals surface area (Å²) in [6.07, 6.45) is 2.77. The van der Waals surface area contributed by atoms with E-state index >= 15 is 0 Å². The molecule has 0 amide bonds. The molecule has 3 aromatic heterocycles. The molecule has 20 heavy (non-hydrogen) atoms. The summed E-state index contributed by atoms with van der Waals surface area (Å²) in [5.41, 5.74) is 0.219. The van der Waals surface area contributed by atoms with Gasteiger partial charge in [-0.25, -0.2) is 29.1 Å². The van der Waals surface area contributed by atoms with E-state index in [4.69, 9.17) is 5.11 Å². The van der Waals surface area contributed by atoms with E-state index < -0.39 is 5.97 Å². The van der Waals surface area contributed by atoms with Crippen molar-refractivity contribution in [1.82, 2.24) is 24.6 Å². The fourth-order valence-electron chi connectivity index (χ4n) is 1.55. The third-order valence-corrected chi connectivity index (χ3v) is 3.34. The number of aromatic nitrogens is 5. The molecule has 8 nitrogen and oxygen atoms in total. The number of carboxylic acid groups (broad SMARTS) is 1. The number of rotatable bonds is 3. The zero-order valence-corrected chi connectivity index (χ0v) is 10.7. The second-order valence-electron chi connectivity index (χ2n) is 3.77. The molecule has 3 aromatic rings. The van der Waals surface area contributed by atoms with Gasteiger partial charge in [0.05, 0.1) is 5.56 Å². The van der Waals surface area contributed by atoms with E-state index in [9.17, 15) is 9.59 Å². The highest BCUT2D eigenvalue weighted by molar-refractivity contribution is 7.99. The van der Waals surface area contributed by atoms with Crippen LogP contribution < -0.4 is 5.69 Å². The molecule has 0 aliphatic rings. The van der Waals surface area contributed by atoms with Crippen LogP contribution in [0.2, 0.25) is 0 Å². The van der Waals surface area contributed by atoms with Crippen molar-refractivity contribution in [3.63, 3.8) is 0 Å². The summed E-state index contributed by atoms with van der Waals surface area (Å²) in [4.78, 5) is 30.3. The molecule has 0 spiro atoms. The lowest BCUT2D eigenvalue weighted by molar-refractivity contribution is 0.0696. The lowest BCUT2D eigenvalue weighted by Gasteiger charge is -2.01. The Hall–Kier alpha value is -2.68. The minimum absolute atomic E-state index is 0.152. The molecule has 0 unspecified atom stereocenters. The molecule has 0 bridgehead atoms. The van der Waals surface area contributed by atoms with Gasteiger partial charge in [-0.2, -0.15) is 5.10 Å². The first-order valence-corrected chi connectivity index (χ1v) is 6.25. The van der Waals surface area contributed by atoms with Crippen molar-refractivity contribution in [1.29, 1.82) is 0 Å². The van der Waals surface area contributed by atoms with Gasteiger partial charge in [0.25, 0.3) is 0 Å². The fourth-order valence-corrected chi connectivity index (χ4v) is 2.33. The zero-order valence-electron chi connectivity index (χ0n) is 9.85. The van der Waals surface area contributed by atoms with Gasteiger partial charge < -0.3 is 5.11 Å². The molecule has 0 atom stereocenters. The molecule has 0 aromatic carbocycles. The average molecular weight is 289 g/mol. The lowest BCUT2D eigenvalue weighted by Crippen LogP contribution is -2.09. The summed E-state index contributed by atoms with van der Waals surface area (Å²) < 4.78 is 1.27. The Labute approximate surface area is 115 Å². The van der Waals surface area contributed by atoms with Gasteiger partial charge in [0.15, 0.2) is 5.65 Å². The van der Waals surface area contributed by atoms with E-state index in [1.165, 1.54) is 40.8 Å². The molecule has 3 heterocycles. The zero-order chi connectivity index (χ0) is 14.1. The fraction of sp³-hybridized carbons (Fsp3) is 0. The second-order valence-corrected chi connectivity index (χ2v) is 4.81. The lowest BCUT2D eigenvalue weighted by atomic mass is 10.3. The highest BCUT2D eigenvalue weighted by atomic mass is 32.2. The summed E-state index contributed by atoms with van der Waals surface area (Å²) in [7, 11) is 0. The molecule has 0 aliphatic heterocycles. The number of pyridine rings is 1. The first-order chi connectivity index (χ1) is 9.63. The van der Waals surface area contributed by atoms with Gasteiger partial charge in [0.1, 0.15) is 16.4 Å². The van der Waals surface area contributed by atoms with Crippen molar-refractivity contribution in [3.8, 4) is 0 Å². The number of nitrogens with one attached hydrogen (secondary N) is 1. The third kappa shape index (κ3) is 2.26. The predicted molar refractivity (Wildman–Crippen MR) is 68.9 cm³/mol. The number of hydrogen-bond donors (Lipinski definition) is 2. The first-order valence-electron chi connectivity index (χ1n) is 5.43. The van der Waals surface area contributed by atoms with Crippen LogP contribution in [-0.2, 0) is 0 Å². The van der Waals surface area contributed by atoms with Crippen LogP contribution in [0.1, 0.15) is 10.4 Å². The van der Waals surface area contributed by atoms with Crippen LogP contribution >= 0.6 is 11.8 Å². The highest BCUT2D eigenvalue weighted by Gasteiger charge is 2.08. The number of carbonyl (C=O) groups is 1. The number of aromatic amines is 1. The standard InChI is InChI=1S/C11H7N5O3S/c17-10(18)6-1-2-12-8(3-6)20-9-4-7-14-15-11(19)16(7)5-13-9/h1-5H,(H,15,19)(H,17,18). The van der Waals surface area contributed by atoms with Crippen LogP contribution in [0.3, 0.4) is 0 Å². The van der Waals surface area contributed by atoms with Gasteiger partial charge >= 0.3 is 11.7 Å². The summed E-state index contributed by atoms with van der Waals surface area (Å²) >= 11 is 1.19. The van der Waals surface area contributed by atoms with Crippen molar-refractivity contribution in [2.75, 3.05) is 0 Å². The Kier molecular flexibility index (Phi) is 2.95. The maximum absolute atomic E-state index is 11.3. The highest BCUT2D eigenvalue weighted by Crippen LogP contribution is 2.24. The molecule has 0 fully saturated rings. The molecule has 2 N–H and O–H groups in total. The normalized spacial score (nSPS) is 10.8. The number of hydrogen-bond acceptors (Lipinski definition) is 6. The summed E-state index contributed by atoms with van der Waals surface area (Å²) in [6, 6.07) is 4.48. The Balaban J connectivity index is 1.94. The predicted octanol–water partition coefficient (Wildman–Crippen LogP) is 0.662. The molecule has 0 saturated carbocycles. The van der Waals surface area contributed by atoms with E-state index in [1.54, 1.807) is 6.07 Å². The van der Waals surface area contributed by atoms with Crippen LogP contribution in [0, 0.1) is 0 Å². The van der Waals surface area contributed by atoms with Crippen molar-refractivity contribution < 1.29 is 9.90 Å². The average Bonchev–Trinajstić information content (AvgIpc) is 2.80. The monoisotopic (exact) mass is 289 g/mol. The topological polar surface area (TPSA) is 113 Å². The van der Waals surface area contributed by atoms with Crippen LogP contribution in [-0.4, -0.2) is 35.6 Å². The molecular formula is C11H7N5O3S. The van der Waals surface area contributed by atoms with Gasteiger partial charge in [-0.05, 0) is 23.9 Å². The number of fused-ring (bicyclic) bond motifs is 1. The largest absolute Gasteiger partial charge is 0.478 e. The molecule has 100 valence electrons. The van der Waals surface area contributed by atoms with Crippen LogP contribution in [0.15, 0.2) is 45.6 Å².